The molecule has 0 aliphatic rings. The molecule has 3 heteroatoms. The molecule has 0 saturated heterocycles. The molecule has 0 radical (unpaired) electrons. The first kappa shape index (κ1) is 7.13. The summed E-state index contributed by atoms with van der Waals surface area (Å²) in [5.41, 5.74) is 6.62. The molecule has 0 atom stereocenters. The van der Waals surface area contributed by atoms with Gasteiger partial charge in [-0.05, 0) is 22.0 Å². The van der Waals surface area contributed by atoms with Gasteiger partial charge in [0.25, 0.3) is 0 Å². The van der Waals surface area contributed by atoms with Crippen molar-refractivity contribution in [2.75, 3.05) is 5.73 Å². The number of hydrogen-bond donors (Lipinski definition) is 1. The fourth-order valence-corrected chi connectivity index (χ4v) is 2.65. The second-order valence-corrected chi connectivity index (χ2v) is 4.04. The Morgan fingerprint density at radius 1 is 1.36 bits per heavy atom. The van der Waals surface area contributed by atoms with E-state index in [2.05, 4.69) is 27.4 Å². The van der Waals surface area contributed by atoms with Gasteiger partial charge in [0, 0.05) is 20.9 Å². The van der Waals surface area contributed by atoms with Gasteiger partial charge in [-0.3, -0.25) is 0 Å². The Bertz CT molecular complexity index is 394. The first-order valence-electron chi connectivity index (χ1n) is 3.20. The van der Waals surface area contributed by atoms with Crippen LogP contribution in [0.1, 0.15) is 0 Å². The number of hydrogen-bond acceptors (Lipinski definition) is 2. The molecular weight excluding hydrogens is 222 g/mol. The maximum absolute atomic E-state index is 5.76. The number of thiophene rings is 1. The number of nitrogens with two attached hydrogens (primary N) is 1. The maximum Gasteiger partial charge on any atom is 0.0583 e. The zero-order chi connectivity index (χ0) is 7.84. The summed E-state index contributed by atoms with van der Waals surface area (Å²) in [5, 5.41) is 3.26. The normalized spacial score (nSPS) is 10.6. The Hall–Kier alpha value is -0.540. The monoisotopic (exact) mass is 227 g/mol. The SMILES string of the molecule is Nc1cccc2c(Br)csc12. The summed E-state index contributed by atoms with van der Waals surface area (Å²) in [6.45, 7) is 0. The summed E-state index contributed by atoms with van der Waals surface area (Å²) in [4.78, 5) is 0. The van der Waals surface area contributed by atoms with E-state index in [4.69, 9.17) is 5.73 Å². The van der Waals surface area contributed by atoms with Crippen LogP contribution in [0.15, 0.2) is 28.1 Å². The second kappa shape index (κ2) is 2.50. The van der Waals surface area contributed by atoms with E-state index >= 15 is 0 Å². The van der Waals surface area contributed by atoms with Gasteiger partial charge >= 0.3 is 0 Å². The van der Waals surface area contributed by atoms with Crippen molar-refractivity contribution in [3.8, 4) is 0 Å². The van der Waals surface area contributed by atoms with Crippen molar-refractivity contribution in [1.82, 2.24) is 0 Å². The van der Waals surface area contributed by atoms with Gasteiger partial charge in [0.1, 0.15) is 0 Å². The smallest absolute Gasteiger partial charge is 0.0583 e. The van der Waals surface area contributed by atoms with E-state index in [9.17, 15) is 0 Å². The summed E-state index contributed by atoms with van der Waals surface area (Å²) in [5.74, 6) is 0. The first-order chi connectivity index (χ1) is 5.29. The van der Waals surface area contributed by atoms with Crippen LogP contribution in [0.4, 0.5) is 5.69 Å². The molecule has 56 valence electrons. The molecular formula is C8H6BrNS. The molecule has 1 heterocycles. The van der Waals surface area contributed by atoms with Gasteiger partial charge in [0.2, 0.25) is 0 Å². The van der Waals surface area contributed by atoms with E-state index in [0.29, 0.717) is 0 Å². The van der Waals surface area contributed by atoms with Crippen LogP contribution in [0, 0.1) is 0 Å². The highest BCUT2D eigenvalue weighted by Gasteiger charge is 2.01. The number of halogens is 1. The highest BCUT2D eigenvalue weighted by Crippen LogP contribution is 2.33. The van der Waals surface area contributed by atoms with Crippen molar-refractivity contribution in [2.45, 2.75) is 0 Å². The fraction of sp³-hybridized carbons (Fsp3) is 0. The van der Waals surface area contributed by atoms with Crippen LogP contribution in [-0.4, -0.2) is 0 Å². The highest BCUT2D eigenvalue weighted by molar-refractivity contribution is 9.10. The standard InChI is InChI=1S/C8H6BrNS/c9-6-4-11-8-5(6)2-1-3-7(8)10/h1-4H,10H2. The summed E-state index contributed by atoms with van der Waals surface area (Å²) in [7, 11) is 0. The average Bonchev–Trinajstić information content (AvgIpc) is 2.35. The molecule has 0 aliphatic carbocycles. The zero-order valence-corrected chi connectivity index (χ0v) is 8.08. The molecule has 11 heavy (non-hydrogen) atoms. The molecule has 0 unspecified atom stereocenters. The van der Waals surface area contributed by atoms with E-state index in [1.165, 1.54) is 10.1 Å². The van der Waals surface area contributed by atoms with E-state index in [0.717, 1.165) is 10.2 Å². The van der Waals surface area contributed by atoms with Crippen molar-refractivity contribution in [1.29, 1.82) is 0 Å². The predicted octanol–water partition coefficient (Wildman–Crippen LogP) is 3.25. The van der Waals surface area contributed by atoms with E-state index in [-0.39, 0.29) is 0 Å². The van der Waals surface area contributed by atoms with Crippen molar-refractivity contribution >= 4 is 43.0 Å². The predicted molar refractivity (Wildman–Crippen MR) is 53.9 cm³/mol. The second-order valence-electron chi connectivity index (χ2n) is 2.31. The van der Waals surface area contributed by atoms with Gasteiger partial charge in [0.05, 0.1) is 4.70 Å². The Balaban J connectivity index is 2.94. The van der Waals surface area contributed by atoms with Crippen molar-refractivity contribution in [3.63, 3.8) is 0 Å². The molecule has 2 aromatic rings. The summed E-state index contributed by atoms with van der Waals surface area (Å²) >= 11 is 5.12. The number of benzene rings is 1. The van der Waals surface area contributed by atoms with Gasteiger partial charge in [-0.25, -0.2) is 0 Å². The van der Waals surface area contributed by atoms with Crippen LogP contribution < -0.4 is 5.73 Å². The molecule has 1 aromatic heterocycles. The Morgan fingerprint density at radius 3 is 2.91 bits per heavy atom. The van der Waals surface area contributed by atoms with Crippen LogP contribution in [-0.2, 0) is 0 Å². The molecule has 0 spiro atoms. The lowest BCUT2D eigenvalue weighted by Gasteiger charge is -1.93. The molecule has 0 aliphatic heterocycles. The van der Waals surface area contributed by atoms with E-state index in [1.807, 2.05) is 12.1 Å². The zero-order valence-electron chi connectivity index (χ0n) is 5.67. The van der Waals surface area contributed by atoms with E-state index in [1.54, 1.807) is 11.3 Å². The average molecular weight is 228 g/mol. The highest BCUT2D eigenvalue weighted by atomic mass is 79.9. The van der Waals surface area contributed by atoms with Gasteiger partial charge in [-0.1, -0.05) is 12.1 Å². The van der Waals surface area contributed by atoms with Gasteiger partial charge in [-0.15, -0.1) is 11.3 Å². The first-order valence-corrected chi connectivity index (χ1v) is 4.87. The van der Waals surface area contributed by atoms with Crippen LogP contribution in [0.3, 0.4) is 0 Å². The molecule has 1 aromatic carbocycles. The molecule has 2 N–H and O–H groups in total. The number of rotatable bonds is 0. The van der Waals surface area contributed by atoms with E-state index < -0.39 is 0 Å². The number of nitrogen functional groups attached to an aromatic ring is 1. The minimum atomic E-state index is 0.859. The number of anilines is 1. The van der Waals surface area contributed by atoms with Crippen LogP contribution in [0.5, 0.6) is 0 Å². The lowest BCUT2D eigenvalue weighted by Crippen LogP contribution is -1.81. The quantitative estimate of drug-likeness (QED) is 0.688. The molecule has 0 bridgehead atoms. The lowest BCUT2D eigenvalue weighted by atomic mass is 10.2. The third-order valence-corrected chi connectivity index (χ3v) is 3.59. The number of fused-ring (bicyclic) bond motifs is 1. The van der Waals surface area contributed by atoms with Gasteiger partial charge < -0.3 is 5.73 Å². The minimum absolute atomic E-state index is 0.859. The lowest BCUT2D eigenvalue weighted by molar-refractivity contribution is 1.79. The summed E-state index contributed by atoms with van der Waals surface area (Å²) < 4.78 is 2.30. The minimum Gasteiger partial charge on any atom is -0.398 e. The largest absolute Gasteiger partial charge is 0.398 e. The topological polar surface area (TPSA) is 26.0 Å². The van der Waals surface area contributed by atoms with Gasteiger partial charge in [-0.2, -0.15) is 0 Å². The van der Waals surface area contributed by atoms with Crippen molar-refractivity contribution in [3.05, 3.63) is 28.1 Å². The third-order valence-electron chi connectivity index (χ3n) is 1.58. The fourth-order valence-electron chi connectivity index (χ4n) is 1.05. The van der Waals surface area contributed by atoms with Gasteiger partial charge in [0.15, 0.2) is 0 Å². The molecule has 2 rings (SSSR count). The Kier molecular flexibility index (Phi) is 1.62. The summed E-state index contributed by atoms with van der Waals surface area (Å²) in [6.07, 6.45) is 0. The summed E-state index contributed by atoms with van der Waals surface area (Å²) in [6, 6.07) is 5.95. The van der Waals surface area contributed by atoms with Crippen LogP contribution in [0.2, 0.25) is 0 Å². The Labute approximate surface area is 77.0 Å². The van der Waals surface area contributed by atoms with Crippen LogP contribution >= 0.6 is 27.3 Å². The third kappa shape index (κ3) is 1.04. The molecule has 0 amide bonds. The molecule has 1 nitrogen and oxygen atoms in total. The Morgan fingerprint density at radius 2 is 2.18 bits per heavy atom. The molecule has 0 fully saturated rings. The van der Waals surface area contributed by atoms with Crippen molar-refractivity contribution < 1.29 is 0 Å². The van der Waals surface area contributed by atoms with Crippen LogP contribution in [0.25, 0.3) is 10.1 Å². The maximum atomic E-state index is 5.76. The van der Waals surface area contributed by atoms with Crippen molar-refractivity contribution in [2.24, 2.45) is 0 Å². The molecule has 0 saturated carbocycles.